The zero-order chi connectivity index (χ0) is 11.8. The van der Waals surface area contributed by atoms with Gasteiger partial charge in [0.05, 0.1) is 0 Å². The first-order chi connectivity index (χ1) is 7.06. The first kappa shape index (κ1) is 13.5. The number of nitrogens with two attached hydrogens (primary N) is 1. The van der Waals surface area contributed by atoms with E-state index in [2.05, 4.69) is 10.5 Å². The van der Waals surface area contributed by atoms with Gasteiger partial charge in [-0.1, -0.05) is 12.1 Å². The van der Waals surface area contributed by atoms with Crippen molar-refractivity contribution >= 4 is 11.9 Å². The van der Waals surface area contributed by atoms with E-state index in [9.17, 15) is 4.79 Å². The van der Waals surface area contributed by atoms with Crippen LogP contribution < -0.4 is 11.1 Å². The lowest BCUT2D eigenvalue weighted by atomic mass is 10.1. The molecule has 0 aromatic carbocycles. The van der Waals surface area contributed by atoms with E-state index in [0.717, 1.165) is 0 Å². The molecule has 0 saturated carbocycles. The smallest absolute Gasteiger partial charge is 0.317 e. The molecule has 4 N–H and O–H groups in total. The number of carbonyl (C=O) groups is 1. The fourth-order valence-corrected chi connectivity index (χ4v) is 1.14. The van der Waals surface area contributed by atoms with Gasteiger partial charge in [0.25, 0.3) is 0 Å². The number of rotatable bonds is 5. The lowest BCUT2D eigenvalue weighted by Crippen LogP contribution is -2.44. The fourth-order valence-electron chi connectivity index (χ4n) is 1.14. The molecule has 0 spiro atoms. The predicted molar refractivity (Wildman–Crippen MR) is 58.9 cm³/mol. The number of urea groups is 1. The van der Waals surface area contributed by atoms with E-state index in [-0.39, 0.29) is 17.8 Å². The van der Waals surface area contributed by atoms with Crippen LogP contribution in [0.2, 0.25) is 0 Å². The summed E-state index contributed by atoms with van der Waals surface area (Å²) < 4.78 is 0. The third kappa shape index (κ3) is 4.53. The predicted octanol–water partition coefficient (Wildman–Crippen LogP) is 0.420. The molecule has 88 valence electrons. The Bertz CT molecular complexity index is 230. The maximum Gasteiger partial charge on any atom is 0.317 e. The van der Waals surface area contributed by atoms with Crippen LogP contribution in [-0.4, -0.2) is 41.6 Å². The molecule has 0 saturated heterocycles. The van der Waals surface area contributed by atoms with E-state index < -0.39 is 0 Å². The second-order valence-electron chi connectivity index (χ2n) is 3.30. The zero-order valence-corrected chi connectivity index (χ0v) is 9.53. The number of carbonyl (C=O) groups excluding carboxylic acids is 1. The monoisotopic (exact) mass is 216 g/mol. The van der Waals surface area contributed by atoms with Gasteiger partial charge in [-0.25, -0.2) is 4.79 Å². The highest BCUT2D eigenvalue weighted by Gasteiger charge is 2.16. The van der Waals surface area contributed by atoms with E-state index in [1.54, 1.807) is 11.8 Å². The molecule has 0 rings (SSSR count). The number of hydrogen-bond acceptors (Lipinski definition) is 3. The SMILES string of the molecule is CCNC(=O)N(CC)CC(C)C(N)=NO. The Morgan fingerprint density at radius 2 is 2.20 bits per heavy atom. The molecule has 0 aromatic heterocycles. The van der Waals surface area contributed by atoms with Crippen molar-refractivity contribution in [3.05, 3.63) is 0 Å². The fraction of sp³-hybridized carbons (Fsp3) is 0.778. The van der Waals surface area contributed by atoms with Crippen molar-refractivity contribution in [2.24, 2.45) is 16.8 Å². The van der Waals surface area contributed by atoms with Gasteiger partial charge in [0.2, 0.25) is 0 Å². The number of nitrogens with zero attached hydrogens (tertiary/aromatic N) is 2. The quantitative estimate of drug-likeness (QED) is 0.269. The van der Waals surface area contributed by atoms with Crippen LogP contribution in [-0.2, 0) is 0 Å². The van der Waals surface area contributed by atoms with Crippen LogP contribution in [0, 0.1) is 5.92 Å². The molecule has 0 aromatic rings. The van der Waals surface area contributed by atoms with Crippen LogP contribution >= 0.6 is 0 Å². The van der Waals surface area contributed by atoms with Crippen molar-refractivity contribution in [2.45, 2.75) is 20.8 Å². The molecule has 0 radical (unpaired) electrons. The maximum absolute atomic E-state index is 11.5. The van der Waals surface area contributed by atoms with Crippen LogP contribution in [0.15, 0.2) is 5.16 Å². The summed E-state index contributed by atoms with van der Waals surface area (Å²) in [7, 11) is 0. The zero-order valence-electron chi connectivity index (χ0n) is 9.53. The molecule has 15 heavy (non-hydrogen) atoms. The van der Waals surface area contributed by atoms with Gasteiger partial charge in [-0.05, 0) is 13.8 Å². The van der Waals surface area contributed by atoms with E-state index in [1.807, 2.05) is 13.8 Å². The third-order valence-corrected chi connectivity index (χ3v) is 2.11. The van der Waals surface area contributed by atoms with Crippen molar-refractivity contribution in [1.29, 1.82) is 0 Å². The van der Waals surface area contributed by atoms with Crippen molar-refractivity contribution in [3.63, 3.8) is 0 Å². The standard InChI is InChI=1S/C9H20N4O2/c1-4-11-9(14)13(5-2)6-7(3)8(10)12-15/h7,15H,4-6H2,1-3H3,(H2,10,12)(H,11,14). The van der Waals surface area contributed by atoms with Gasteiger partial charge in [-0.3, -0.25) is 0 Å². The van der Waals surface area contributed by atoms with Crippen LogP contribution in [0.25, 0.3) is 0 Å². The number of oxime groups is 1. The Hall–Kier alpha value is -1.46. The van der Waals surface area contributed by atoms with Gasteiger partial charge < -0.3 is 21.2 Å². The second-order valence-corrected chi connectivity index (χ2v) is 3.30. The average molecular weight is 216 g/mol. The summed E-state index contributed by atoms with van der Waals surface area (Å²) in [5.74, 6) is -0.0182. The summed E-state index contributed by atoms with van der Waals surface area (Å²) in [6.45, 7) is 7.17. The van der Waals surface area contributed by atoms with Crippen molar-refractivity contribution < 1.29 is 10.0 Å². The molecule has 0 bridgehead atoms. The first-order valence-corrected chi connectivity index (χ1v) is 5.06. The normalized spacial score (nSPS) is 13.4. The average Bonchev–Trinajstić information content (AvgIpc) is 2.24. The van der Waals surface area contributed by atoms with Crippen LogP contribution in [0.1, 0.15) is 20.8 Å². The van der Waals surface area contributed by atoms with E-state index in [0.29, 0.717) is 19.6 Å². The summed E-state index contributed by atoms with van der Waals surface area (Å²) in [6, 6.07) is -0.127. The van der Waals surface area contributed by atoms with Crippen molar-refractivity contribution in [3.8, 4) is 0 Å². The highest BCUT2D eigenvalue weighted by Crippen LogP contribution is 2.00. The van der Waals surface area contributed by atoms with Crippen molar-refractivity contribution in [2.75, 3.05) is 19.6 Å². The Kier molecular flexibility index (Phi) is 6.24. The lowest BCUT2D eigenvalue weighted by molar-refractivity contribution is 0.197. The largest absolute Gasteiger partial charge is 0.409 e. The number of nitrogens with one attached hydrogen (secondary N) is 1. The van der Waals surface area contributed by atoms with Gasteiger partial charge in [-0.15, -0.1) is 0 Å². The van der Waals surface area contributed by atoms with Gasteiger partial charge >= 0.3 is 6.03 Å². The van der Waals surface area contributed by atoms with E-state index in [1.165, 1.54) is 0 Å². The molecule has 0 aliphatic rings. The molecule has 6 heteroatoms. The molecule has 1 atom stereocenters. The molecule has 0 aliphatic heterocycles. The van der Waals surface area contributed by atoms with Gasteiger partial charge in [0.1, 0.15) is 5.84 Å². The molecular formula is C9H20N4O2. The van der Waals surface area contributed by atoms with Crippen LogP contribution in [0.4, 0.5) is 4.79 Å². The van der Waals surface area contributed by atoms with Crippen molar-refractivity contribution in [1.82, 2.24) is 10.2 Å². The summed E-state index contributed by atoms with van der Waals surface area (Å²) >= 11 is 0. The minimum Gasteiger partial charge on any atom is -0.409 e. The Balaban J connectivity index is 4.26. The molecule has 0 heterocycles. The number of hydrogen-bond donors (Lipinski definition) is 3. The topological polar surface area (TPSA) is 91.0 Å². The molecular weight excluding hydrogens is 196 g/mol. The van der Waals surface area contributed by atoms with Gasteiger partial charge in [-0.2, -0.15) is 0 Å². The van der Waals surface area contributed by atoms with Gasteiger partial charge in [0.15, 0.2) is 0 Å². The molecule has 1 unspecified atom stereocenters. The molecule has 2 amide bonds. The Labute approximate surface area is 90.1 Å². The maximum atomic E-state index is 11.5. The molecule has 0 fully saturated rings. The minimum atomic E-state index is -0.155. The highest BCUT2D eigenvalue weighted by molar-refractivity contribution is 5.83. The summed E-state index contributed by atoms with van der Waals surface area (Å²) in [5, 5.41) is 14.1. The summed E-state index contributed by atoms with van der Waals surface area (Å²) in [4.78, 5) is 13.1. The second kappa shape index (κ2) is 6.92. The highest BCUT2D eigenvalue weighted by atomic mass is 16.4. The Morgan fingerprint density at radius 3 is 2.60 bits per heavy atom. The number of amides is 2. The number of amidine groups is 1. The third-order valence-electron chi connectivity index (χ3n) is 2.11. The lowest BCUT2D eigenvalue weighted by Gasteiger charge is -2.23. The van der Waals surface area contributed by atoms with E-state index in [4.69, 9.17) is 10.9 Å². The van der Waals surface area contributed by atoms with E-state index >= 15 is 0 Å². The molecule has 0 aliphatic carbocycles. The summed E-state index contributed by atoms with van der Waals surface area (Å²) in [5.41, 5.74) is 5.44. The van der Waals surface area contributed by atoms with Crippen LogP contribution in [0.3, 0.4) is 0 Å². The van der Waals surface area contributed by atoms with Crippen LogP contribution in [0.5, 0.6) is 0 Å². The minimum absolute atomic E-state index is 0.127. The van der Waals surface area contributed by atoms with Gasteiger partial charge in [0, 0.05) is 25.6 Å². The summed E-state index contributed by atoms with van der Waals surface area (Å²) in [6.07, 6.45) is 0. The Morgan fingerprint density at radius 1 is 1.60 bits per heavy atom. The molecule has 6 nitrogen and oxygen atoms in total. The first-order valence-electron chi connectivity index (χ1n) is 5.06.